The average molecular weight is 206 g/mol. The van der Waals surface area contributed by atoms with Crippen LogP contribution in [-0.2, 0) is 10.2 Å². The molecule has 0 aromatic heterocycles. The summed E-state index contributed by atoms with van der Waals surface area (Å²) in [7, 11) is -1.81. The molecule has 1 aliphatic carbocycles. The number of hydrogen-bond acceptors (Lipinski definition) is 2. The lowest BCUT2D eigenvalue weighted by Gasteiger charge is -2.26. The SMILES string of the molecule is CNS(=O)(=O)NC1CCC(C)CC1. The Labute approximate surface area is 80.3 Å². The molecular weight excluding hydrogens is 188 g/mol. The van der Waals surface area contributed by atoms with Gasteiger partial charge in [0.2, 0.25) is 0 Å². The zero-order valence-electron chi connectivity index (χ0n) is 8.21. The molecule has 0 aromatic rings. The summed E-state index contributed by atoms with van der Waals surface area (Å²) in [6.07, 6.45) is 4.16. The van der Waals surface area contributed by atoms with Crippen LogP contribution in [0.3, 0.4) is 0 Å². The highest BCUT2D eigenvalue weighted by atomic mass is 32.2. The van der Waals surface area contributed by atoms with E-state index in [1.165, 1.54) is 7.05 Å². The van der Waals surface area contributed by atoms with Crippen LogP contribution in [0.4, 0.5) is 0 Å². The van der Waals surface area contributed by atoms with E-state index in [9.17, 15) is 8.42 Å². The van der Waals surface area contributed by atoms with Crippen LogP contribution >= 0.6 is 0 Å². The number of nitrogens with one attached hydrogen (secondary N) is 2. The van der Waals surface area contributed by atoms with Gasteiger partial charge in [0.1, 0.15) is 0 Å². The Hall–Kier alpha value is -0.130. The molecule has 0 atom stereocenters. The van der Waals surface area contributed by atoms with E-state index in [1.807, 2.05) is 0 Å². The van der Waals surface area contributed by atoms with Gasteiger partial charge in [0.25, 0.3) is 10.2 Å². The normalized spacial score (nSPS) is 30.3. The van der Waals surface area contributed by atoms with Crippen LogP contribution in [0.2, 0.25) is 0 Å². The van der Waals surface area contributed by atoms with Crippen molar-refractivity contribution in [3.05, 3.63) is 0 Å². The van der Waals surface area contributed by atoms with Gasteiger partial charge in [0.15, 0.2) is 0 Å². The molecule has 4 nitrogen and oxygen atoms in total. The summed E-state index contributed by atoms with van der Waals surface area (Å²) in [6.45, 7) is 2.21. The van der Waals surface area contributed by atoms with Crippen LogP contribution in [0.25, 0.3) is 0 Å². The van der Waals surface area contributed by atoms with Crippen molar-refractivity contribution in [2.24, 2.45) is 5.92 Å². The molecule has 0 amide bonds. The first-order valence-corrected chi connectivity index (χ1v) is 6.22. The van der Waals surface area contributed by atoms with Gasteiger partial charge in [-0.2, -0.15) is 13.1 Å². The smallest absolute Gasteiger partial charge is 0.205 e. The van der Waals surface area contributed by atoms with Gasteiger partial charge in [-0.25, -0.2) is 4.72 Å². The van der Waals surface area contributed by atoms with Crippen LogP contribution in [0.5, 0.6) is 0 Å². The van der Waals surface area contributed by atoms with E-state index in [0.717, 1.165) is 31.6 Å². The number of hydrogen-bond donors (Lipinski definition) is 2. The zero-order valence-corrected chi connectivity index (χ0v) is 9.02. The largest absolute Gasteiger partial charge is 0.276 e. The highest BCUT2D eigenvalue weighted by Gasteiger charge is 2.21. The second-order valence-electron chi connectivity index (χ2n) is 3.78. The minimum atomic E-state index is -3.24. The van der Waals surface area contributed by atoms with E-state index < -0.39 is 10.2 Å². The van der Waals surface area contributed by atoms with Crippen LogP contribution in [0.15, 0.2) is 0 Å². The fourth-order valence-electron chi connectivity index (χ4n) is 1.66. The molecule has 0 bridgehead atoms. The standard InChI is InChI=1S/C8H18N2O2S/c1-7-3-5-8(6-4-7)10-13(11,12)9-2/h7-10H,3-6H2,1-2H3. The number of rotatable bonds is 3. The lowest BCUT2D eigenvalue weighted by Crippen LogP contribution is -2.42. The molecule has 1 rings (SSSR count). The first kappa shape index (κ1) is 10.9. The molecule has 1 saturated carbocycles. The summed E-state index contributed by atoms with van der Waals surface area (Å²) in [5.74, 6) is 0.746. The summed E-state index contributed by atoms with van der Waals surface area (Å²) < 4.78 is 27.1. The van der Waals surface area contributed by atoms with Gasteiger partial charge in [-0.3, -0.25) is 0 Å². The van der Waals surface area contributed by atoms with Crippen LogP contribution < -0.4 is 9.44 Å². The van der Waals surface area contributed by atoms with Crippen molar-refractivity contribution in [1.82, 2.24) is 9.44 Å². The highest BCUT2D eigenvalue weighted by Crippen LogP contribution is 2.23. The first-order valence-electron chi connectivity index (χ1n) is 4.74. The maximum atomic E-state index is 11.1. The quantitative estimate of drug-likeness (QED) is 0.711. The molecular formula is C8H18N2O2S. The van der Waals surface area contributed by atoms with Crippen molar-refractivity contribution >= 4 is 10.2 Å². The fourth-order valence-corrected chi connectivity index (χ4v) is 2.45. The van der Waals surface area contributed by atoms with Gasteiger partial charge < -0.3 is 0 Å². The van der Waals surface area contributed by atoms with Crippen molar-refractivity contribution < 1.29 is 8.42 Å². The zero-order chi connectivity index (χ0) is 9.90. The lowest BCUT2D eigenvalue weighted by molar-refractivity contribution is 0.331. The molecule has 0 saturated heterocycles. The molecule has 0 aliphatic heterocycles. The monoisotopic (exact) mass is 206 g/mol. The Balaban J connectivity index is 2.39. The Morgan fingerprint density at radius 1 is 1.15 bits per heavy atom. The maximum Gasteiger partial charge on any atom is 0.276 e. The van der Waals surface area contributed by atoms with Crippen LogP contribution in [0.1, 0.15) is 32.6 Å². The summed E-state index contributed by atoms with van der Waals surface area (Å²) >= 11 is 0. The predicted molar refractivity (Wildman–Crippen MR) is 52.5 cm³/mol. The lowest BCUT2D eigenvalue weighted by atomic mass is 9.88. The highest BCUT2D eigenvalue weighted by molar-refractivity contribution is 7.87. The molecule has 1 aliphatic rings. The third-order valence-corrected chi connectivity index (χ3v) is 3.79. The average Bonchev–Trinajstić information content (AvgIpc) is 2.09. The summed E-state index contributed by atoms with van der Waals surface area (Å²) in [6, 6.07) is 0.133. The summed E-state index contributed by atoms with van der Waals surface area (Å²) in [4.78, 5) is 0. The van der Waals surface area contributed by atoms with Gasteiger partial charge in [0, 0.05) is 13.1 Å². The third kappa shape index (κ3) is 3.62. The van der Waals surface area contributed by atoms with Crippen molar-refractivity contribution in [3.63, 3.8) is 0 Å². The minimum Gasteiger partial charge on any atom is -0.205 e. The molecule has 2 N–H and O–H groups in total. The van der Waals surface area contributed by atoms with E-state index in [-0.39, 0.29) is 6.04 Å². The van der Waals surface area contributed by atoms with E-state index in [2.05, 4.69) is 16.4 Å². The van der Waals surface area contributed by atoms with Crippen molar-refractivity contribution in [1.29, 1.82) is 0 Å². The molecule has 0 spiro atoms. The predicted octanol–water partition coefficient (Wildman–Crippen LogP) is 0.619. The molecule has 0 radical (unpaired) electrons. The first-order chi connectivity index (χ1) is 6.03. The molecule has 1 fully saturated rings. The molecule has 0 aromatic carbocycles. The van der Waals surface area contributed by atoms with Gasteiger partial charge in [-0.1, -0.05) is 6.92 Å². The second-order valence-corrected chi connectivity index (χ2v) is 5.43. The van der Waals surface area contributed by atoms with Gasteiger partial charge in [-0.05, 0) is 31.6 Å². The summed E-state index contributed by atoms with van der Waals surface area (Å²) in [5.41, 5.74) is 0. The Kier molecular flexibility index (Phi) is 3.70. The van der Waals surface area contributed by atoms with Crippen LogP contribution in [-0.4, -0.2) is 21.5 Å². The Morgan fingerprint density at radius 3 is 2.15 bits per heavy atom. The van der Waals surface area contributed by atoms with Gasteiger partial charge in [-0.15, -0.1) is 0 Å². The van der Waals surface area contributed by atoms with E-state index in [4.69, 9.17) is 0 Å². The Morgan fingerprint density at radius 2 is 1.69 bits per heavy atom. The molecule has 0 unspecified atom stereocenters. The Bertz CT molecular complexity index is 243. The molecule has 0 heterocycles. The molecule has 5 heteroatoms. The maximum absolute atomic E-state index is 11.1. The van der Waals surface area contributed by atoms with E-state index in [1.54, 1.807) is 0 Å². The molecule has 78 valence electrons. The summed E-state index contributed by atoms with van der Waals surface area (Å²) in [5, 5.41) is 0. The minimum absolute atomic E-state index is 0.133. The topological polar surface area (TPSA) is 58.2 Å². The molecule has 13 heavy (non-hydrogen) atoms. The third-order valence-electron chi connectivity index (χ3n) is 2.61. The van der Waals surface area contributed by atoms with Crippen molar-refractivity contribution in [2.45, 2.75) is 38.6 Å². The second kappa shape index (κ2) is 4.39. The van der Waals surface area contributed by atoms with E-state index >= 15 is 0 Å². The van der Waals surface area contributed by atoms with E-state index in [0.29, 0.717) is 0 Å². The van der Waals surface area contributed by atoms with Crippen LogP contribution in [0, 0.1) is 5.92 Å². The van der Waals surface area contributed by atoms with Crippen molar-refractivity contribution in [2.75, 3.05) is 7.05 Å². The van der Waals surface area contributed by atoms with Crippen molar-refractivity contribution in [3.8, 4) is 0 Å². The van der Waals surface area contributed by atoms with Gasteiger partial charge >= 0.3 is 0 Å². The fraction of sp³-hybridized carbons (Fsp3) is 1.00. The van der Waals surface area contributed by atoms with Gasteiger partial charge in [0.05, 0.1) is 0 Å².